The SMILES string of the molecule is CCn1c(OCC(=O)Nc2cccc3ccccc23)nnc1C1Cc2ccccc2C1. The van der Waals surface area contributed by atoms with Gasteiger partial charge in [0.1, 0.15) is 5.82 Å². The Morgan fingerprint density at radius 3 is 2.48 bits per heavy atom. The molecule has 6 nitrogen and oxygen atoms in total. The number of hydrogen-bond donors (Lipinski definition) is 1. The van der Waals surface area contributed by atoms with Gasteiger partial charge in [0.05, 0.1) is 0 Å². The lowest BCUT2D eigenvalue weighted by Crippen LogP contribution is -2.21. The molecule has 0 radical (unpaired) electrons. The molecule has 1 aliphatic rings. The van der Waals surface area contributed by atoms with Gasteiger partial charge in [-0.2, -0.15) is 0 Å². The van der Waals surface area contributed by atoms with Crippen LogP contribution in [0.25, 0.3) is 10.8 Å². The van der Waals surface area contributed by atoms with Crippen LogP contribution in [0.1, 0.15) is 29.8 Å². The third-order valence-corrected chi connectivity index (χ3v) is 5.87. The molecule has 4 aromatic rings. The topological polar surface area (TPSA) is 69.0 Å². The first kappa shape index (κ1) is 19.3. The molecule has 0 spiro atoms. The highest BCUT2D eigenvalue weighted by Crippen LogP contribution is 2.34. The number of nitrogens with one attached hydrogen (secondary N) is 1. The number of rotatable bonds is 6. The normalized spacial score (nSPS) is 13.3. The van der Waals surface area contributed by atoms with Crippen molar-refractivity contribution in [3.05, 3.63) is 83.7 Å². The van der Waals surface area contributed by atoms with E-state index < -0.39 is 0 Å². The lowest BCUT2D eigenvalue weighted by Gasteiger charge is -2.13. The van der Waals surface area contributed by atoms with E-state index in [0.29, 0.717) is 12.6 Å². The summed E-state index contributed by atoms with van der Waals surface area (Å²) < 4.78 is 7.74. The first-order valence-electron chi connectivity index (χ1n) is 10.6. The smallest absolute Gasteiger partial charge is 0.317 e. The molecule has 31 heavy (non-hydrogen) atoms. The Morgan fingerprint density at radius 1 is 1.00 bits per heavy atom. The van der Waals surface area contributed by atoms with Crippen molar-refractivity contribution in [2.75, 3.05) is 11.9 Å². The number of benzene rings is 3. The van der Waals surface area contributed by atoms with Crippen LogP contribution < -0.4 is 10.1 Å². The van der Waals surface area contributed by atoms with Gasteiger partial charge in [-0.15, -0.1) is 5.10 Å². The molecule has 1 aliphatic carbocycles. The van der Waals surface area contributed by atoms with E-state index in [4.69, 9.17) is 4.74 Å². The monoisotopic (exact) mass is 412 g/mol. The number of fused-ring (bicyclic) bond motifs is 2. The number of nitrogens with zero attached hydrogens (tertiary/aromatic N) is 3. The van der Waals surface area contributed by atoms with Crippen molar-refractivity contribution in [3.8, 4) is 6.01 Å². The van der Waals surface area contributed by atoms with E-state index in [-0.39, 0.29) is 18.4 Å². The maximum Gasteiger partial charge on any atom is 0.317 e. The third kappa shape index (κ3) is 3.77. The Bertz CT molecular complexity index is 1220. The van der Waals surface area contributed by atoms with Crippen molar-refractivity contribution >= 4 is 22.4 Å². The summed E-state index contributed by atoms with van der Waals surface area (Å²) >= 11 is 0. The fourth-order valence-electron chi connectivity index (χ4n) is 4.40. The van der Waals surface area contributed by atoms with Crippen LogP contribution in [0.4, 0.5) is 5.69 Å². The highest BCUT2D eigenvalue weighted by molar-refractivity contribution is 6.02. The summed E-state index contributed by atoms with van der Waals surface area (Å²) in [5.74, 6) is 0.978. The summed E-state index contributed by atoms with van der Waals surface area (Å²) in [6, 6.07) is 22.7. The van der Waals surface area contributed by atoms with Gasteiger partial charge < -0.3 is 10.1 Å². The van der Waals surface area contributed by atoms with Gasteiger partial charge >= 0.3 is 6.01 Å². The molecule has 0 bridgehead atoms. The van der Waals surface area contributed by atoms with E-state index >= 15 is 0 Å². The van der Waals surface area contributed by atoms with Crippen molar-refractivity contribution in [1.82, 2.24) is 14.8 Å². The average molecular weight is 412 g/mol. The molecule has 156 valence electrons. The lowest BCUT2D eigenvalue weighted by molar-refractivity contribution is -0.118. The van der Waals surface area contributed by atoms with Crippen molar-refractivity contribution in [1.29, 1.82) is 0 Å². The van der Waals surface area contributed by atoms with E-state index in [1.165, 1.54) is 11.1 Å². The largest absolute Gasteiger partial charge is 0.453 e. The van der Waals surface area contributed by atoms with Crippen LogP contribution in [0.3, 0.4) is 0 Å². The summed E-state index contributed by atoms with van der Waals surface area (Å²) in [7, 11) is 0. The van der Waals surface area contributed by atoms with E-state index in [1.54, 1.807) is 0 Å². The molecule has 3 aromatic carbocycles. The van der Waals surface area contributed by atoms with Crippen LogP contribution in [0, 0.1) is 0 Å². The molecule has 1 heterocycles. The molecule has 0 saturated heterocycles. The van der Waals surface area contributed by atoms with Crippen molar-refractivity contribution in [2.24, 2.45) is 0 Å². The highest BCUT2D eigenvalue weighted by atomic mass is 16.5. The quantitative estimate of drug-likeness (QED) is 0.511. The van der Waals surface area contributed by atoms with Gasteiger partial charge in [0.2, 0.25) is 0 Å². The minimum Gasteiger partial charge on any atom is -0.453 e. The fraction of sp³-hybridized carbons (Fsp3) is 0.240. The Labute approximate surface area is 180 Å². The Morgan fingerprint density at radius 2 is 1.71 bits per heavy atom. The maximum atomic E-state index is 12.5. The zero-order valence-electron chi connectivity index (χ0n) is 17.4. The molecule has 5 rings (SSSR count). The lowest BCUT2D eigenvalue weighted by atomic mass is 10.1. The second-order valence-corrected chi connectivity index (χ2v) is 7.82. The van der Waals surface area contributed by atoms with E-state index in [2.05, 4.69) is 39.8 Å². The summed E-state index contributed by atoms with van der Waals surface area (Å²) in [4.78, 5) is 12.5. The van der Waals surface area contributed by atoms with Crippen molar-refractivity contribution in [3.63, 3.8) is 0 Å². The van der Waals surface area contributed by atoms with Crippen LogP contribution in [0.15, 0.2) is 66.7 Å². The van der Waals surface area contributed by atoms with Gasteiger partial charge in [0, 0.05) is 23.5 Å². The first-order valence-corrected chi connectivity index (χ1v) is 10.6. The molecular weight excluding hydrogens is 388 g/mol. The second-order valence-electron chi connectivity index (χ2n) is 7.82. The summed E-state index contributed by atoms with van der Waals surface area (Å²) in [6.07, 6.45) is 1.91. The van der Waals surface area contributed by atoms with Crippen LogP contribution in [-0.2, 0) is 24.2 Å². The molecule has 0 fully saturated rings. The van der Waals surface area contributed by atoms with Gasteiger partial charge in [0.25, 0.3) is 5.91 Å². The maximum absolute atomic E-state index is 12.5. The van der Waals surface area contributed by atoms with Gasteiger partial charge in [-0.05, 0) is 42.3 Å². The molecule has 1 aromatic heterocycles. The van der Waals surface area contributed by atoms with Gasteiger partial charge in [-0.3, -0.25) is 9.36 Å². The van der Waals surface area contributed by atoms with Crippen LogP contribution >= 0.6 is 0 Å². The average Bonchev–Trinajstić information content (AvgIpc) is 3.41. The van der Waals surface area contributed by atoms with Gasteiger partial charge in [-0.25, -0.2) is 0 Å². The van der Waals surface area contributed by atoms with Crippen LogP contribution in [-0.4, -0.2) is 27.3 Å². The molecular formula is C25H24N4O2. The second kappa shape index (κ2) is 8.22. The highest BCUT2D eigenvalue weighted by Gasteiger charge is 2.28. The zero-order chi connectivity index (χ0) is 21.2. The number of carbonyl (C=O) groups is 1. The summed E-state index contributed by atoms with van der Waals surface area (Å²) in [5, 5.41) is 13.7. The molecule has 1 amide bonds. The number of carbonyl (C=O) groups excluding carboxylic acids is 1. The first-order chi connectivity index (χ1) is 15.2. The number of amides is 1. The van der Waals surface area contributed by atoms with E-state index in [1.807, 2.05) is 54.0 Å². The van der Waals surface area contributed by atoms with Gasteiger partial charge in [-0.1, -0.05) is 65.8 Å². The summed E-state index contributed by atoms with van der Waals surface area (Å²) in [6.45, 7) is 2.61. The predicted molar refractivity (Wildman–Crippen MR) is 120 cm³/mol. The molecule has 0 aliphatic heterocycles. The molecule has 6 heteroatoms. The minimum absolute atomic E-state index is 0.119. The molecule has 0 atom stereocenters. The fourth-order valence-corrected chi connectivity index (χ4v) is 4.40. The number of hydrogen-bond acceptors (Lipinski definition) is 4. The minimum atomic E-state index is -0.225. The predicted octanol–water partition coefficient (Wildman–Crippen LogP) is 4.35. The number of ether oxygens (including phenoxy) is 1. The van der Waals surface area contributed by atoms with E-state index in [0.717, 1.165) is 35.1 Å². The standard InChI is InChI=1S/C25H24N4O2/c1-2-29-24(20-14-18-9-3-4-10-19(18)15-20)27-28-25(29)31-16-23(30)26-22-13-7-11-17-8-5-6-12-21(17)22/h3-13,20H,2,14-16H2,1H3,(H,26,30). The van der Waals surface area contributed by atoms with Crippen molar-refractivity contribution in [2.45, 2.75) is 32.2 Å². The van der Waals surface area contributed by atoms with E-state index in [9.17, 15) is 4.79 Å². The third-order valence-electron chi connectivity index (χ3n) is 5.87. The van der Waals surface area contributed by atoms with Crippen molar-refractivity contribution < 1.29 is 9.53 Å². The molecule has 0 saturated carbocycles. The Balaban J connectivity index is 1.27. The summed E-state index contributed by atoms with van der Waals surface area (Å²) in [5.41, 5.74) is 3.51. The molecule has 1 N–H and O–H groups in total. The van der Waals surface area contributed by atoms with Gasteiger partial charge in [0.15, 0.2) is 6.61 Å². The van der Waals surface area contributed by atoms with Crippen LogP contribution in [0.2, 0.25) is 0 Å². The number of anilines is 1. The zero-order valence-corrected chi connectivity index (χ0v) is 17.4. The molecule has 0 unspecified atom stereocenters. The number of aromatic nitrogens is 3. The van der Waals surface area contributed by atoms with Crippen LogP contribution in [0.5, 0.6) is 6.01 Å². The Kier molecular flexibility index (Phi) is 5.12. The Hall–Kier alpha value is -3.67.